The monoisotopic (exact) mass is 364 g/mol. The summed E-state index contributed by atoms with van der Waals surface area (Å²) in [5.41, 5.74) is 2.67. The Labute approximate surface area is 156 Å². The molecular weight excluding hydrogens is 344 g/mol. The molecule has 4 rings (SSSR count). The molecule has 0 atom stereocenters. The van der Waals surface area contributed by atoms with Crippen LogP contribution in [0.3, 0.4) is 0 Å². The minimum absolute atomic E-state index is 0.0517. The second-order valence-electron chi connectivity index (χ2n) is 6.61. The molecule has 0 aliphatic carbocycles. The van der Waals surface area contributed by atoms with Gasteiger partial charge in [0.05, 0.1) is 6.20 Å². The number of pyridine rings is 1. The lowest BCUT2D eigenvalue weighted by Gasteiger charge is -2.33. The van der Waals surface area contributed by atoms with E-state index in [2.05, 4.69) is 16.0 Å². The lowest BCUT2D eigenvalue weighted by Crippen LogP contribution is -2.51. The first-order valence-corrected chi connectivity index (χ1v) is 8.85. The van der Waals surface area contributed by atoms with Crippen LogP contribution < -0.4 is 4.74 Å². The average Bonchev–Trinajstić information content (AvgIpc) is 3.11. The summed E-state index contributed by atoms with van der Waals surface area (Å²) in [5.74, 6) is 0.360. The van der Waals surface area contributed by atoms with Gasteiger partial charge in [0, 0.05) is 43.3 Å². The number of H-pyrrole nitrogens is 1. The Hall–Kier alpha value is -3.35. The van der Waals surface area contributed by atoms with E-state index in [-0.39, 0.29) is 5.91 Å². The van der Waals surface area contributed by atoms with Gasteiger partial charge >= 0.3 is 6.09 Å². The van der Waals surface area contributed by atoms with Gasteiger partial charge in [-0.25, -0.2) is 4.79 Å². The molecule has 0 spiro atoms. The number of hydrogen-bond donors (Lipinski definition) is 1. The van der Waals surface area contributed by atoms with E-state index in [1.165, 1.54) is 6.20 Å². The summed E-state index contributed by atoms with van der Waals surface area (Å²) in [7, 11) is 0. The smallest absolute Gasteiger partial charge is 0.409 e. The predicted octanol–water partition coefficient (Wildman–Crippen LogP) is 2.83. The first kappa shape index (κ1) is 17.1. The number of benzene rings is 1. The number of carbonyl (C=O) groups excluding carboxylic acids is 2. The Balaban J connectivity index is 1.38. The van der Waals surface area contributed by atoms with Gasteiger partial charge < -0.3 is 19.5 Å². The molecule has 1 N–H and O–H groups in total. The van der Waals surface area contributed by atoms with Crippen molar-refractivity contribution in [1.29, 1.82) is 0 Å². The quantitative estimate of drug-likeness (QED) is 0.758. The molecule has 7 nitrogen and oxygen atoms in total. The number of piperazine rings is 1. The molecule has 1 fully saturated rings. The third kappa shape index (κ3) is 3.62. The van der Waals surface area contributed by atoms with Crippen LogP contribution in [0.2, 0.25) is 0 Å². The lowest BCUT2D eigenvalue weighted by atomic mass is 10.2. The molecule has 2 aromatic heterocycles. The Morgan fingerprint density at radius 2 is 1.85 bits per heavy atom. The zero-order chi connectivity index (χ0) is 18.8. The van der Waals surface area contributed by atoms with Crippen molar-refractivity contribution in [3.05, 3.63) is 60.0 Å². The largest absolute Gasteiger partial charge is 0.415 e. The molecule has 1 aliphatic heterocycles. The minimum atomic E-state index is -0.420. The van der Waals surface area contributed by atoms with Gasteiger partial charge in [-0.1, -0.05) is 11.6 Å². The predicted molar refractivity (Wildman–Crippen MR) is 101 cm³/mol. The molecule has 0 radical (unpaired) electrons. The van der Waals surface area contributed by atoms with Crippen molar-refractivity contribution in [2.45, 2.75) is 6.92 Å². The lowest BCUT2D eigenvalue weighted by molar-refractivity contribution is 0.0629. The Bertz CT molecular complexity index is 975. The van der Waals surface area contributed by atoms with Crippen LogP contribution in [0.15, 0.2) is 48.8 Å². The first-order valence-electron chi connectivity index (χ1n) is 8.85. The van der Waals surface area contributed by atoms with Crippen LogP contribution in [0, 0.1) is 6.92 Å². The molecule has 3 heterocycles. The summed E-state index contributed by atoms with van der Waals surface area (Å²) in [6.45, 7) is 3.83. The SMILES string of the molecule is Cc1ccc2[nH]c(C(=O)N3CCN(C(=O)Oc4cccnc4)CC3)cc2c1. The van der Waals surface area contributed by atoms with Crippen molar-refractivity contribution in [2.75, 3.05) is 26.2 Å². The number of nitrogens with zero attached hydrogens (tertiary/aromatic N) is 3. The molecule has 7 heteroatoms. The maximum atomic E-state index is 12.8. The van der Waals surface area contributed by atoms with E-state index < -0.39 is 6.09 Å². The maximum absolute atomic E-state index is 12.8. The van der Waals surface area contributed by atoms with Crippen molar-refractivity contribution in [3.63, 3.8) is 0 Å². The molecule has 1 aromatic carbocycles. The van der Waals surface area contributed by atoms with E-state index in [1.54, 1.807) is 28.1 Å². The summed E-state index contributed by atoms with van der Waals surface area (Å²) < 4.78 is 5.30. The average molecular weight is 364 g/mol. The van der Waals surface area contributed by atoms with Crippen LogP contribution in [0.4, 0.5) is 4.79 Å². The van der Waals surface area contributed by atoms with E-state index in [0.717, 1.165) is 16.5 Å². The van der Waals surface area contributed by atoms with Crippen LogP contribution in [0.25, 0.3) is 10.9 Å². The topological polar surface area (TPSA) is 78.5 Å². The van der Waals surface area contributed by atoms with Crippen LogP contribution in [-0.4, -0.2) is 57.9 Å². The number of ether oxygens (including phenoxy) is 1. The van der Waals surface area contributed by atoms with E-state index in [9.17, 15) is 9.59 Å². The summed E-state index contributed by atoms with van der Waals surface area (Å²) in [6, 6.07) is 11.3. The van der Waals surface area contributed by atoms with Crippen LogP contribution >= 0.6 is 0 Å². The number of aromatic nitrogens is 2. The first-order chi connectivity index (χ1) is 13.1. The highest BCUT2D eigenvalue weighted by molar-refractivity contribution is 5.98. The summed E-state index contributed by atoms with van der Waals surface area (Å²) in [4.78, 5) is 35.5. The van der Waals surface area contributed by atoms with Gasteiger partial charge in [-0.3, -0.25) is 9.78 Å². The van der Waals surface area contributed by atoms with Gasteiger partial charge in [-0.15, -0.1) is 0 Å². The number of hydrogen-bond acceptors (Lipinski definition) is 4. The van der Waals surface area contributed by atoms with E-state index in [0.29, 0.717) is 37.6 Å². The van der Waals surface area contributed by atoms with Crippen LogP contribution in [0.5, 0.6) is 5.75 Å². The van der Waals surface area contributed by atoms with E-state index in [4.69, 9.17) is 4.74 Å². The molecule has 138 valence electrons. The second kappa shape index (κ2) is 7.11. The standard InChI is InChI=1S/C20H20N4O3/c1-14-4-5-17-15(11-14)12-18(22-17)19(25)23-7-9-24(10-8-23)20(26)27-16-3-2-6-21-13-16/h2-6,11-13,22H,7-10H2,1H3. The second-order valence-corrected chi connectivity index (χ2v) is 6.61. The molecule has 3 aromatic rings. The summed E-state index contributed by atoms with van der Waals surface area (Å²) in [6.07, 6.45) is 2.69. The maximum Gasteiger partial charge on any atom is 0.415 e. The van der Waals surface area contributed by atoms with Crippen molar-refractivity contribution in [3.8, 4) is 5.75 Å². The molecule has 1 saturated heterocycles. The van der Waals surface area contributed by atoms with Crippen molar-refractivity contribution in [2.24, 2.45) is 0 Å². The zero-order valence-electron chi connectivity index (χ0n) is 15.0. The molecular formula is C20H20N4O3. The molecule has 0 bridgehead atoms. The Kier molecular flexibility index (Phi) is 4.50. The number of fused-ring (bicyclic) bond motifs is 1. The fraction of sp³-hybridized carbons (Fsp3) is 0.250. The van der Waals surface area contributed by atoms with Gasteiger partial charge in [0.15, 0.2) is 5.75 Å². The van der Waals surface area contributed by atoms with Crippen LogP contribution in [-0.2, 0) is 0 Å². The summed E-state index contributed by atoms with van der Waals surface area (Å²) >= 11 is 0. The number of rotatable bonds is 2. The highest BCUT2D eigenvalue weighted by Gasteiger charge is 2.26. The molecule has 0 unspecified atom stereocenters. The normalized spacial score (nSPS) is 14.4. The highest BCUT2D eigenvalue weighted by atomic mass is 16.6. The number of amides is 2. The van der Waals surface area contributed by atoms with Crippen LogP contribution in [0.1, 0.15) is 16.1 Å². The molecule has 1 aliphatic rings. The van der Waals surface area contributed by atoms with Gasteiger partial charge in [-0.05, 0) is 37.3 Å². The summed E-state index contributed by atoms with van der Waals surface area (Å²) in [5, 5.41) is 1.03. The van der Waals surface area contributed by atoms with Gasteiger partial charge in [-0.2, -0.15) is 0 Å². The molecule has 27 heavy (non-hydrogen) atoms. The fourth-order valence-corrected chi connectivity index (χ4v) is 3.20. The van der Waals surface area contributed by atoms with Crippen molar-refractivity contribution < 1.29 is 14.3 Å². The number of carbonyl (C=O) groups is 2. The Morgan fingerprint density at radius 3 is 2.59 bits per heavy atom. The van der Waals surface area contributed by atoms with Crippen molar-refractivity contribution in [1.82, 2.24) is 19.8 Å². The van der Waals surface area contributed by atoms with Gasteiger partial charge in [0.2, 0.25) is 0 Å². The van der Waals surface area contributed by atoms with E-state index in [1.807, 2.05) is 25.1 Å². The van der Waals surface area contributed by atoms with Crippen molar-refractivity contribution >= 4 is 22.9 Å². The zero-order valence-corrected chi connectivity index (χ0v) is 15.0. The fourth-order valence-electron chi connectivity index (χ4n) is 3.20. The molecule has 2 amide bonds. The third-order valence-corrected chi connectivity index (χ3v) is 4.67. The van der Waals surface area contributed by atoms with Gasteiger partial charge in [0.25, 0.3) is 5.91 Å². The number of nitrogens with one attached hydrogen (secondary N) is 1. The van der Waals surface area contributed by atoms with Gasteiger partial charge in [0.1, 0.15) is 5.69 Å². The Morgan fingerprint density at radius 1 is 1.07 bits per heavy atom. The molecule has 0 saturated carbocycles. The minimum Gasteiger partial charge on any atom is -0.409 e. The number of aryl methyl sites for hydroxylation is 1. The third-order valence-electron chi connectivity index (χ3n) is 4.67. The van der Waals surface area contributed by atoms with E-state index >= 15 is 0 Å². The highest BCUT2D eigenvalue weighted by Crippen LogP contribution is 2.19. The number of aromatic amines is 1.